The molecule has 6 aromatic carbocycles. The van der Waals surface area contributed by atoms with Gasteiger partial charge in [0.1, 0.15) is 0 Å². The summed E-state index contributed by atoms with van der Waals surface area (Å²) in [4.78, 5) is 9.23. The number of benzene rings is 6. The van der Waals surface area contributed by atoms with Crippen molar-refractivity contribution in [3.8, 4) is 44.8 Å². The fraction of sp³-hybridized carbons (Fsp3) is 0.115. The zero-order chi connectivity index (χ0) is 37.1. The Morgan fingerprint density at radius 3 is 1.34 bits per heavy atom. The second kappa shape index (κ2) is 11.9. The molecule has 12 rings (SSSR count). The van der Waals surface area contributed by atoms with Gasteiger partial charge in [-0.15, -0.1) is 0 Å². The summed E-state index contributed by atoms with van der Waals surface area (Å²) >= 11 is 0. The number of nitrogens with zero attached hydrogens (tertiary/aromatic N) is 4. The van der Waals surface area contributed by atoms with E-state index in [1.807, 2.05) is 24.8 Å². The molecule has 0 N–H and O–H groups in total. The maximum absolute atomic E-state index is 4.62. The van der Waals surface area contributed by atoms with Gasteiger partial charge in [-0.25, -0.2) is 0 Å². The fourth-order valence-corrected chi connectivity index (χ4v) is 10.3. The van der Waals surface area contributed by atoms with Gasteiger partial charge in [0.05, 0.1) is 45.8 Å². The van der Waals surface area contributed by atoms with Crippen LogP contribution in [0.2, 0.25) is 0 Å². The topological polar surface area (TPSA) is 35.6 Å². The van der Waals surface area contributed by atoms with Gasteiger partial charge >= 0.3 is 0 Å². The number of rotatable bonds is 4. The summed E-state index contributed by atoms with van der Waals surface area (Å²) < 4.78 is 4.99. The van der Waals surface area contributed by atoms with E-state index in [9.17, 15) is 0 Å². The van der Waals surface area contributed by atoms with Crippen molar-refractivity contribution in [3.63, 3.8) is 0 Å². The van der Waals surface area contributed by atoms with Crippen molar-refractivity contribution in [2.24, 2.45) is 0 Å². The summed E-state index contributed by atoms with van der Waals surface area (Å²) in [6, 6.07) is 45.2. The standard InChI is InChI=1S/C52H38N4/c1-31-9-3-5-13-39(31)33-17-21-47-43(25-33)45-27-35-15-16-36-28-46-44-26-34(40-14-6-4-10-32(40)2)18-22-48(44)56(38-12-8-24-54-30-38)52(46)42-20-19-41(49(35)50(36)42)51(45)55(47)37-11-7-23-53-29-37/h3-14,17-18,21-30H,15-16,19-20H2,1-2H3. The Morgan fingerprint density at radius 2 is 0.911 bits per heavy atom. The quantitative estimate of drug-likeness (QED) is 0.182. The van der Waals surface area contributed by atoms with E-state index >= 15 is 0 Å². The molecular formula is C52H38N4. The molecule has 4 heterocycles. The Morgan fingerprint density at radius 1 is 0.446 bits per heavy atom. The van der Waals surface area contributed by atoms with Gasteiger partial charge in [-0.05, 0) is 167 Å². The van der Waals surface area contributed by atoms with E-state index in [-0.39, 0.29) is 0 Å². The van der Waals surface area contributed by atoms with E-state index in [1.165, 1.54) is 110 Å². The van der Waals surface area contributed by atoms with Crippen LogP contribution in [0.25, 0.3) is 88.4 Å². The Bertz CT molecular complexity index is 3040. The molecule has 4 heteroatoms. The molecular weight excluding hydrogens is 681 g/mol. The molecule has 4 nitrogen and oxygen atoms in total. The highest BCUT2D eigenvalue weighted by Gasteiger charge is 2.33. The number of fused-ring (bicyclic) bond motifs is 8. The third kappa shape index (κ3) is 4.41. The molecule has 0 atom stereocenters. The van der Waals surface area contributed by atoms with Crippen LogP contribution < -0.4 is 0 Å². The third-order valence-electron chi connectivity index (χ3n) is 12.7. The fourth-order valence-electron chi connectivity index (χ4n) is 10.3. The van der Waals surface area contributed by atoms with E-state index in [0.717, 1.165) is 37.1 Å². The summed E-state index contributed by atoms with van der Waals surface area (Å²) in [5, 5.41) is 5.29. The molecule has 2 aliphatic rings. The van der Waals surface area contributed by atoms with Crippen LogP contribution in [-0.4, -0.2) is 19.1 Å². The molecule has 0 bridgehead atoms. The second-order valence-corrected chi connectivity index (χ2v) is 15.8. The minimum Gasteiger partial charge on any atom is -0.307 e. The molecule has 2 aliphatic carbocycles. The summed E-state index contributed by atoms with van der Waals surface area (Å²) in [7, 11) is 0. The second-order valence-electron chi connectivity index (χ2n) is 15.8. The first-order valence-corrected chi connectivity index (χ1v) is 19.8. The zero-order valence-electron chi connectivity index (χ0n) is 31.5. The maximum Gasteiger partial charge on any atom is 0.0645 e. The Kier molecular flexibility index (Phi) is 6.68. The third-order valence-corrected chi connectivity index (χ3v) is 12.7. The Balaban J connectivity index is 1.17. The van der Waals surface area contributed by atoms with E-state index in [4.69, 9.17) is 0 Å². The lowest BCUT2D eigenvalue weighted by Gasteiger charge is -2.31. The number of hydrogen-bond acceptors (Lipinski definition) is 2. The summed E-state index contributed by atoms with van der Waals surface area (Å²) in [6.45, 7) is 4.42. The lowest BCUT2D eigenvalue weighted by molar-refractivity contribution is 0.883. The molecule has 0 fully saturated rings. The van der Waals surface area contributed by atoms with Gasteiger partial charge in [0.2, 0.25) is 0 Å². The van der Waals surface area contributed by atoms with Crippen LogP contribution in [0, 0.1) is 13.8 Å². The first kappa shape index (κ1) is 31.6. The van der Waals surface area contributed by atoms with Crippen molar-refractivity contribution in [1.82, 2.24) is 19.1 Å². The zero-order valence-corrected chi connectivity index (χ0v) is 31.5. The highest BCUT2D eigenvalue weighted by molar-refractivity contribution is 6.17. The van der Waals surface area contributed by atoms with E-state index in [0.29, 0.717) is 0 Å². The highest BCUT2D eigenvalue weighted by atomic mass is 15.0. The molecule has 0 amide bonds. The SMILES string of the molecule is Cc1ccccc1-c1ccc2c(c1)c1cc3c4c(c1n2-c1cccnc1)CCc1c-4c(cc2c4cc(-c5ccccc5C)ccc4n(-c4cccnc4)c12)CC3. The van der Waals surface area contributed by atoms with E-state index < -0.39 is 0 Å². The largest absolute Gasteiger partial charge is 0.307 e. The first-order chi connectivity index (χ1) is 27.6. The number of pyridine rings is 2. The predicted octanol–water partition coefficient (Wildman–Crippen LogP) is 12.5. The van der Waals surface area contributed by atoms with Crippen molar-refractivity contribution in [1.29, 1.82) is 0 Å². The highest BCUT2D eigenvalue weighted by Crippen LogP contribution is 2.51. The molecule has 4 aromatic heterocycles. The molecule has 10 aromatic rings. The van der Waals surface area contributed by atoms with Crippen molar-refractivity contribution in [3.05, 3.63) is 179 Å². The first-order valence-electron chi connectivity index (χ1n) is 19.8. The molecule has 0 saturated carbocycles. The number of hydrogen-bond donors (Lipinski definition) is 0. The van der Waals surface area contributed by atoms with Gasteiger partial charge in [-0.1, -0.05) is 60.7 Å². The van der Waals surface area contributed by atoms with Crippen LogP contribution in [0.5, 0.6) is 0 Å². The Hall–Kier alpha value is -6.78. The van der Waals surface area contributed by atoms with Gasteiger partial charge in [0.25, 0.3) is 0 Å². The van der Waals surface area contributed by atoms with E-state index in [2.05, 4.69) is 154 Å². The van der Waals surface area contributed by atoms with Crippen molar-refractivity contribution in [2.45, 2.75) is 39.5 Å². The summed E-state index contributed by atoms with van der Waals surface area (Å²) in [6.07, 6.45) is 11.8. The van der Waals surface area contributed by atoms with Crippen LogP contribution in [0.1, 0.15) is 33.4 Å². The van der Waals surface area contributed by atoms with Crippen molar-refractivity contribution >= 4 is 43.6 Å². The summed E-state index contributed by atoms with van der Waals surface area (Å²) in [5.41, 5.74) is 23.8. The minimum absolute atomic E-state index is 0.968. The monoisotopic (exact) mass is 718 g/mol. The molecule has 0 unspecified atom stereocenters. The lowest BCUT2D eigenvalue weighted by atomic mass is 9.74. The normalized spacial score (nSPS) is 13.2. The maximum atomic E-state index is 4.62. The average Bonchev–Trinajstić information content (AvgIpc) is 3.75. The average molecular weight is 719 g/mol. The van der Waals surface area contributed by atoms with Crippen LogP contribution >= 0.6 is 0 Å². The smallest absolute Gasteiger partial charge is 0.0645 e. The lowest BCUT2D eigenvalue weighted by Crippen LogP contribution is -2.16. The van der Waals surface area contributed by atoms with Crippen molar-refractivity contribution in [2.75, 3.05) is 0 Å². The molecule has 0 aliphatic heterocycles. The van der Waals surface area contributed by atoms with Crippen LogP contribution in [0.4, 0.5) is 0 Å². The van der Waals surface area contributed by atoms with E-state index in [1.54, 1.807) is 0 Å². The molecule has 0 saturated heterocycles. The van der Waals surface area contributed by atoms with Crippen LogP contribution in [0.15, 0.2) is 146 Å². The number of aryl methyl sites for hydroxylation is 6. The van der Waals surface area contributed by atoms with Crippen LogP contribution in [-0.2, 0) is 25.7 Å². The van der Waals surface area contributed by atoms with Gasteiger partial charge in [0, 0.05) is 33.9 Å². The van der Waals surface area contributed by atoms with Gasteiger partial charge in [0.15, 0.2) is 0 Å². The number of aromatic nitrogens is 4. The van der Waals surface area contributed by atoms with Gasteiger partial charge in [-0.2, -0.15) is 0 Å². The molecule has 266 valence electrons. The molecule has 56 heavy (non-hydrogen) atoms. The van der Waals surface area contributed by atoms with Gasteiger partial charge in [-0.3, -0.25) is 9.97 Å². The predicted molar refractivity (Wildman–Crippen MR) is 231 cm³/mol. The van der Waals surface area contributed by atoms with Gasteiger partial charge < -0.3 is 9.13 Å². The molecule has 0 radical (unpaired) electrons. The minimum atomic E-state index is 0.968. The van der Waals surface area contributed by atoms with Crippen LogP contribution in [0.3, 0.4) is 0 Å². The Labute approximate surface area is 325 Å². The summed E-state index contributed by atoms with van der Waals surface area (Å²) in [5.74, 6) is 0. The van der Waals surface area contributed by atoms with Crippen molar-refractivity contribution < 1.29 is 0 Å². The molecule has 0 spiro atoms.